The van der Waals surface area contributed by atoms with E-state index in [0.717, 1.165) is 5.56 Å². The second-order valence-electron chi connectivity index (χ2n) is 3.48. The van der Waals surface area contributed by atoms with Gasteiger partial charge in [-0.1, -0.05) is 41.7 Å². The zero-order valence-corrected chi connectivity index (χ0v) is 11.7. The second kappa shape index (κ2) is 5.74. The maximum absolute atomic E-state index is 6.02. The summed E-state index contributed by atoms with van der Waals surface area (Å²) in [5.41, 5.74) is 0.732. The summed E-state index contributed by atoms with van der Waals surface area (Å²) < 4.78 is 5.64. The smallest absolute Gasteiger partial charge is 0.227 e. The molecule has 0 saturated heterocycles. The molecule has 3 nitrogen and oxygen atoms in total. The lowest BCUT2D eigenvalue weighted by molar-refractivity contribution is 0.455. The average Bonchev–Trinajstić information content (AvgIpc) is 2.34. The van der Waals surface area contributed by atoms with Crippen LogP contribution in [0.25, 0.3) is 0 Å². The van der Waals surface area contributed by atoms with E-state index in [-0.39, 0.29) is 0 Å². The molecule has 94 valence electrons. The van der Waals surface area contributed by atoms with Gasteiger partial charge in [-0.3, -0.25) is 0 Å². The van der Waals surface area contributed by atoms with E-state index in [9.17, 15) is 0 Å². The Morgan fingerprint density at radius 1 is 1.17 bits per heavy atom. The minimum Gasteiger partial charge on any atom is -0.437 e. The van der Waals surface area contributed by atoms with Gasteiger partial charge in [0.25, 0.3) is 0 Å². The number of rotatable bonds is 3. The van der Waals surface area contributed by atoms with Gasteiger partial charge in [0.2, 0.25) is 5.88 Å². The predicted molar refractivity (Wildman–Crippen MR) is 73.0 cm³/mol. The van der Waals surface area contributed by atoms with Crippen molar-refractivity contribution in [3.63, 3.8) is 0 Å². The first kappa shape index (κ1) is 13.4. The largest absolute Gasteiger partial charge is 0.437 e. The molecular weight excluding hydrogens is 295 g/mol. The van der Waals surface area contributed by atoms with E-state index in [1.165, 1.54) is 6.33 Å². The molecule has 0 bridgehead atoms. The SMILES string of the molecule is CCc1c(Cl)ncnc1Oc1cc(Cl)ccc1Cl. The maximum Gasteiger partial charge on any atom is 0.227 e. The first-order valence-corrected chi connectivity index (χ1v) is 6.37. The first-order valence-electron chi connectivity index (χ1n) is 5.24. The fourth-order valence-electron chi connectivity index (χ4n) is 1.42. The molecule has 18 heavy (non-hydrogen) atoms. The third-order valence-corrected chi connectivity index (χ3v) is 3.18. The topological polar surface area (TPSA) is 35.0 Å². The molecule has 0 aliphatic rings. The second-order valence-corrected chi connectivity index (χ2v) is 4.68. The van der Waals surface area contributed by atoms with Crippen molar-refractivity contribution in [1.82, 2.24) is 9.97 Å². The Hall–Kier alpha value is -1.03. The zero-order valence-electron chi connectivity index (χ0n) is 9.45. The van der Waals surface area contributed by atoms with E-state index < -0.39 is 0 Å². The predicted octanol–water partition coefficient (Wildman–Crippen LogP) is 4.79. The number of hydrogen-bond donors (Lipinski definition) is 0. The van der Waals surface area contributed by atoms with E-state index in [1.807, 2.05) is 6.92 Å². The van der Waals surface area contributed by atoms with Crippen molar-refractivity contribution in [2.24, 2.45) is 0 Å². The number of hydrogen-bond acceptors (Lipinski definition) is 3. The third kappa shape index (κ3) is 2.86. The summed E-state index contributed by atoms with van der Waals surface area (Å²) in [5.74, 6) is 0.829. The molecule has 0 N–H and O–H groups in total. The van der Waals surface area contributed by atoms with Crippen LogP contribution in [0.2, 0.25) is 15.2 Å². The van der Waals surface area contributed by atoms with Crippen LogP contribution in [0.3, 0.4) is 0 Å². The molecule has 1 aromatic carbocycles. The molecule has 0 radical (unpaired) electrons. The van der Waals surface area contributed by atoms with Gasteiger partial charge < -0.3 is 4.74 Å². The molecule has 0 spiro atoms. The van der Waals surface area contributed by atoms with Crippen LogP contribution in [0.5, 0.6) is 11.6 Å². The van der Waals surface area contributed by atoms with Crippen molar-refractivity contribution in [1.29, 1.82) is 0 Å². The van der Waals surface area contributed by atoms with Gasteiger partial charge in [-0.25, -0.2) is 9.97 Å². The quantitative estimate of drug-likeness (QED) is 0.765. The fraction of sp³-hybridized carbons (Fsp3) is 0.167. The minimum atomic E-state index is 0.376. The van der Waals surface area contributed by atoms with Crippen LogP contribution < -0.4 is 4.74 Å². The fourth-order valence-corrected chi connectivity index (χ4v) is 2.00. The standard InChI is InChI=1S/C12H9Cl3N2O/c1-2-8-11(15)16-6-17-12(8)18-10-5-7(13)3-4-9(10)14/h3-6H,2H2,1H3. The summed E-state index contributed by atoms with van der Waals surface area (Å²) in [6.07, 6.45) is 2.00. The van der Waals surface area contributed by atoms with Crippen molar-refractivity contribution in [3.05, 3.63) is 45.3 Å². The van der Waals surface area contributed by atoms with Gasteiger partial charge in [-0.05, 0) is 18.6 Å². The number of aromatic nitrogens is 2. The Labute approximate surface area is 120 Å². The van der Waals surface area contributed by atoms with Gasteiger partial charge in [-0.2, -0.15) is 0 Å². The Morgan fingerprint density at radius 2 is 1.94 bits per heavy atom. The van der Waals surface area contributed by atoms with Gasteiger partial charge in [0, 0.05) is 11.1 Å². The Kier molecular flexibility index (Phi) is 4.27. The van der Waals surface area contributed by atoms with Crippen LogP contribution >= 0.6 is 34.8 Å². The van der Waals surface area contributed by atoms with Gasteiger partial charge in [0.1, 0.15) is 17.2 Å². The Bertz CT molecular complexity index is 575. The van der Waals surface area contributed by atoms with Crippen molar-refractivity contribution >= 4 is 34.8 Å². The van der Waals surface area contributed by atoms with Crippen LogP contribution in [0.15, 0.2) is 24.5 Å². The van der Waals surface area contributed by atoms with E-state index in [1.54, 1.807) is 18.2 Å². The average molecular weight is 304 g/mol. The molecule has 0 aliphatic heterocycles. The Balaban J connectivity index is 2.40. The van der Waals surface area contributed by atoms with Gasteiger partial charge in [0.05, 0.1) is 10.6 Å². The Morgan fingerprint density at radius 3 is 2.67 bits per heavy atom. The summed E-state index contributed by atoms with van der Waals surface area (Å²) in [4.78, 5) is 7.96. The van der Waals surface area contributed by atoms with Gasteiger partial charge in [0.15, 0.2) is 0 Å². The van der Waals surface area contributed by atoms with E-state index in [2.05, 4.69) is 9.97 Å². The molecule has 0 aliphatic carbocycles. The lowest BCUT2D eigenvalue weighted by Gasteiger charge is -2.10. The van der Waals surface area contributed by atoms with Crippen molar-refractivity contribution in [2.45, 2.75) is 13.3 Å². The number of halogens is 3. The van der Waals surface area contributed by atoms with Crippen molar-refractivity contribution in [2.75, 3.05) is 0 Å². The molecule has 0 unspecified atom stereocenters. The highest BCUT2D eigenvalue weighted by Gasteiger charge is 2.12. The van der Waals surface area contributed by atoms with Crippen molar-refractivity contribution < 1.29 is 4.74 Å². The van der Waals surface area contributed by atoms with E-state index in [4.69, 9.17) is 39.5 Å². The van der Waals surface area contributed by atoms with Crippen molar-refractivity contribution in [3.8, 4) is 11.6 Å². The number of ether oxygens (including phenoxy) is 1. The molecule has 0 fully saturated rings. The van der Waals surface area contributed by atoms with Crippen LogP contribution in [0.1, 0.15) is 12.5 Å². The van der Waals surface area contributed by atoms with E-state index >= 15 is 0 Å². The van der Waals surface area contributed by atoms with Gasteiger partial charge >= 0.3 is 0 Å². The summed E-state index contributed by atoms with van der Waals surface area (Å²) in [6.45, 7) is 1.94. The lowest BCUT2D eigenvalue weighted by atomic mass is 10.2. The summed E-state index contributed by atoms with van der Waals surface area (Å²) in [6, 6.07) is 4.97. The molecule has 1 aromatic heterocycles. The number of benzene rings is 1. The first-order chi connectivity index (χ1) is 8.61. The van der Waals surface area contributed by atoms with Crippen LogP contribution in [-0.4, -0.2) is 9.97 Å². The minimum absolute atomic E-state index is 0.376. The van der Waals surface area contributed by atoms with Crippen LogP contribution in [-0.2, 0) is 6.42 Å². The molecule has 0 amide bonds. The summed E-state index contributed by atoms with van der Waals surface area (Å²) in [7, 11) is 0. The molecule has 1 heterocycles. The molecule has 0 saturated carbocycles. The lowest BCUT2D eigenvalue weighted by Crippen LogP contribution is -1.97. The summed E-state index contributed by atoms with van der Waals surface area (Å²) >= 11 is 17.9. The van der Waals surface area contributed by atoms with Gasteiger partial charge in [-0.15, -0.1) is 0 Å². The summed E-state index contributed by atoms with van der Waals surface area (Å²) in [5, 5.41) is 1.37. The molecule has 6 heteroatoms. The van der Waals surface area contributed by atoms with Crippen LogP contribution in [0, 0.1) is 0 Å². The normalized spacial score (nSPS) is 10.4. The molecule has 0 atom stereocenters. The maximum atomic E-state index is 6.02. The van der Waals surface area contributed by atoms with Crippen LogP contribution in [0.4, 0.5) is 0 Å². The highest BCUT2D eigenvalue weighted by atomic mass is 35.5. The molecular formula is C12H9Cl3N2O. The monoisotopic (exact) mass is 302 g/mol. The number of nitrogens with zero attached hydrogens (tertiary/aromatic N) is 2. The third-order valence-electron chi connectivity index (χ3n) is 2.31. The highest BCUT2D eigenvalue weighted by Crippen LogP contribution is 2.33. The van der Waals surface area contributed by atoms with E-state index in [0.29, 0.717) is 33.2 Å². The molecule has 2 rings (SSSR count). The zero-order chi connectivity index (χ0) is 13.1. The highest BCUT2D eigenvalue weighted by molar-refractivity contribution is 6.34. The molecule has 2 aromatic rings.